The van der Waals surface area contributed by atoms with Gasteiger partial charge in [-0.2, -0.15) is 0 Å². The highest BCUT2D eigenvalue weighted by Crippen LogP contribution is 2.12. The minimum Gasteiger partial charge on any atom is -0.379 e. The number of hydrogen-bond acceptors (Lipinski definition) is 4. The van der Waals surface area contributed by atoms with Gasteiger partial charge in [0.1, 0.15) is 0 Å². The van der Waals surface area contributed by atoms with E-state index in [1.807, 2.05) is 6.92 Å². The summed E-state index contributed by atoms with van der Waals surface area (Å²) in [6.45, 7) is 13.6. The number of halogens is 1. The number of morpholine rings is 1. The third-order valence-electron chi connectivity index (χ3n) is 4.70. The normalized spacial score (nSPS) is 17.8. The Morgan fingerprint density at radius 2 is 1.85 bits per heavy atom. The molecule has 2 atom stereocenters. The van der Waals surface area contributed by atoms with Crippen molar-refractivity contribution in [3.63, 3.8) is 0 Å². The Kier molecular flexibility index (Phi) is 15.0. The van der Waals surface area contributed by atoms with Gasteiger partial charge in [-0.15, -0.1) is 24.0 Å². The van der Waals surface area contributed by atoms with Crippen LogP contribution in [0.5, 0.6) is 0 Å². The van der Waals surface area contributed by atoms with Crippen LogP contribution in [-0.2, 0) is 9.53 Å². The van der Waals surface area contributed by atoms with Crippen molar-refractivity contribution in [3.8, 4) is 0 Å². The van der Waals surface area contributed by atoms with Crippen LogP contribution in [-0.4, -0.2) is 75.3 Å². The molecule has 27 heavy (non-hydrogen) atoms. The minimum atomic E-state index is 0. The van der Waals surface area contributed by atoms with Crippen LogP contribution in [0.15, 0.2) is 4.99 Å². The molecule has 0 aromatic carbocycles. The zero-order chi connectivity index (χ0) is 19.4. The van der Waals surface area contributed by atoms with E-state index in [0.29, 0.717) is 24.9 Å². The highest BCUT2D eigenvalue weighted by atomic mass is 127. The predicted octanol–water partition coefficient (Wildman–Crippen LogP) is 1.82. The van der Waals surface area contributed by atoms with Crippen molar-refractivity contribution in [1.29, 1.82) is 0 Å². The second-order valence-electron chi connectivity index (χ2n) is 7.44. The van der Waals surface area contributed by atoms with Gasteiger partial charge >= 0.3 is 0 Å². The molecule has 1 aliphatic rings. The average molecular weight is 497 g/mol. The van der Waals surface area contributed by atoms with Crippen LogP contribution in [0.25, 0.3) is 0 Å². The summed E-state index contributed by atoms with van der Waals surface area (Å²) in [6.07, 6.45) is 2.53. The minimum absolute atomic E-state index is 0. The zero-order valence-electron chi connectivity index (χ0n) is 17.7. The number of nitrogens with one attached hydrogen (secondary N) is 3. The van der Waals surface area contributed by atoms with Gasteiger partial charge in [-0.3, -0.25) is 14.7 Å². The summed E-state index contributed by atoms with van der Waals surface area (Å²) in [5.41, 5.74) is 0. The van der Waals surface area contributed by atoms with Crippen molar-refractivity contribution in [3.05, 3.63) is 0 Å². The first-order chi connectivity index (χ1) is 12.5. The first-order valence-electron chi connectivity index (χ1n) is 10.0. The van der Waals surface area contributed by atoms with Crippen LogP contribution in [0.3, 0.4) is 0 Å². The molecule has 1 aliphatic heterocycles. The van der Waals surface area contributed by atoms with Gasteiger partial charge in [-0.25, -0.2) is 0 Å². The summed E-state index contributed by atoms with van der Waals surface area (Å²) in [4.78, 5) is 18.6. The van der Waals surface area contributed by atoms with Crippen molar-refractivity contribution in [2.75, 3.05) is 46.4 Å². The van der Waals surface area contributed by atoms with Gasteiger partial charge in [0.05, 0.1) is 13.2 Å². The highest BCUT2D eigenvalue weighted by molar-refractivity contribution is 14.0. The molecule has 7 nitrogen and oxygen atoms in total. The van der Waals surface area contributed by atoms with E-state index in [4.69, 9.17) is 4.74 Å². The first-order valence-corrected chi connectivity index (χ1v) is 10.0. The van der Waals surface area contributed by atoms with Gasteiger partial charge in [0.2, 0.25) is 5.91 Å². The predicted molar refractivity (Wildman–Crippen MR) is 123 cm³/mol. The zero-order valence-corrected chi connectivity index (χ0v) is 20.0. The quantitative estimate of drug-likeness (QED) is 0.244. The lowest BCUT2D eigenvalue weighted by molar-refractivity contribution is -0.121. The number of hydrogen-bond donors (Lipinski definition) is 3. The highest BCUT2D eigenvalue weighted by Gasteiger charge is 2.22. The van der Waals surface area contributed by atoms with E-state index in [2.05, 4.69) is 46.6 Å². The van der Waals surface area contributed by atoms with Crippen molar-refractivity contribution in [1.82, 2.24) is 20.9 Å². The maximum Gasteiger partial charge on any atom is 0.221 e. The molecule has 1 saturated heterocycles. The Hall–Kier alpha value is -0.610. The topological polar surface area (TPSA) is 78.0 Å². The fraction of sp³-hybridized carbons (Fsp3) is 0.895. The lowest BCUT2D eigenvalue weighted by Crippen LogP contribution is -2.51. The molecular formula is C19H40IN5O2. The summed E-state index contributed by atoms with van der Waals surface area (Å²) in [5.74, 6) is 1.47. The molecule has 1 heterocycles. The van der Waals surface area contributed by atoms with Crippen LogP contribution >= 0.6 is 24.0 Å². The van der Waals surface area contributed by atoms with Gasteiger partial charge in [0.15, 0.2) is 5.96 Å². The van der Waals surface area contributed by atoms with Gasteiger partial charge in [0.25, 0.3) is 0 Å². The largest absolute Gasteiger partial charge is 0.379 e. The van der Waals surface area contributed by atoms with E-state index in [0.717, 1.165) is 51.6 Å². The summed E-state index contributed by atoms with van der Waals surface area (Å²) < 4.78 is 5.48. The molecule has 3 N–H and O–H groups in total. The van der Waals surface area contributed by atoms with Crippen molar-refractivity contribution >= 4 is 35.8 Å². The fourth-order valence-corrected chi connectivity index (χ4v) is 3.03. The molecule has 0 saturated carbocycles. The Balaban J connectivity index is 0.00000676. The Morgan fingerprint density at radius 1 is 1.19 bits per heavy atom. The summed E-state index contributed by atoms with van der Waals surface area (Å²) in [7, 11) is 1.76. The third-order valence-corrected chi connectivity index (χ3v) is 4.70. The molecule has 1 fully saturated rings. The van der Waals surface area contributed by atoms with Crippen molar-refractivity contribution in [2.45, 2.75) is 59.0 Å². The summed E-state index contributed by atoms with van der Waals surface area (Å²) in [6, 6.07) is 0.691. The lowest BCUT2D eigenvalue weighted by atomic mass is 10.0. The standard InChI is InChI=1S/C19H39N5O2.HI/c1-6-16(4)23-18(25)7-8-21-19(20-5)22-14-17(13-15(2)3)24-9-11-26-12-10-24;/h15-17H,6-14H2,1-5H3,(H,23,25)(H2,20,21,22);1H. The van der Waals surface area contributed by atoms with Crippen LogP contribution in [0.1, 0.15) is 47.0 Å². The SMILES string of the molecule is CCC(C)NC(=O)CCNC(=NC)NCC(CC(C)C)N1CCOCC1.I. The molecule has 1 rings (SSSR count). The van der Waals surface area contributed by atoms with Crippen LogP contribution < -0.4 is 16.0 Å². The molecule has 0 aromatic heterocycles. The number of aliphatic imine (C=N–C) groups is 1. The van der Waals surface area contributed by atoms with Gasteiger partial charge < -0.3 is 20.7 Å². The van der Waals surface area contributed by atoms with E-state index in [1.54, 1.807) is 7.05 Å². The molecule has 160 valence electrons. The van der Waals surface area contributed by atoms with Gasteiger partial charge in [-0.05, 0) is 25.7 Å². The third kappa shape index (κ3) is 11.7. The number of nitrogens with zero attached hydrogens (tertiary/aromatic N) is 2. The molecule has 8 heteroatoms. The smallest absolute Gasteiger partial charge is 0.221 e. The molecule has 0 bridgehead atoms. The number of amides is 1. The lowest BCUT2D eigenvalue weighted by Gasteiger charge is -2.35. The number of carbonyl (C=O) groups excluding carboxylic acids is 1. The number of rotatable bonds is 10. The number of ether oxygens (including phenoxy) is 1. The van der Waals surface area contributed by atoms with E-state index in [-0.39, 0.29) is 35.9 Å². The van der Waals surface area contributed by atoms with Gasteiger partial charge in [-0.1, -0.05) is 20.8 Å². The van der Waals surface area contributed by atoms with E-state index in [9.17, 15) is 4.79 Å². The number of carbonyl (C=O) groups is 1. The monoisotopic (exact) mass is 497 g/mol. The van der Waals surface area contributed by atoms with Crippen molar-refractivity contribution in [2.24, 2.45) is 10.9 Å². The van der Waals surface area contributed by atoms with Gasteiger partial charge in [0, 0.05) is 51.7 Å². The molecule has 0 spiro atoms. The first kappa shape index (κ1) is 26.4. The van der Waals surface area contributed by atoms with Crippen molar-refractivity contribution < 1.29 is 9.53 Å². The van der Waals surface area contributed by atoms with E-state index >= 15 is 0 Å². The van der Waals surface area contributed by atoms with E-state index < -0.39 is 0 Å². The van der Waals surface area contributed by atoms with E-state index in [1.165, 1.54) is 0 Å². The molecule has 0 aromatic rings. The van der Waals surface area contributed by atoms with Crippen LogP contribution in [0.2, 0.25) is 0 Å². The second kappa shape index (κ2) is 15.3. The Labute approximate surface area is 182 Å². The maximum atomic E-state index is 11.8. The van der Waals surface area contributed by atoms with Crippen LogP contribution in [0.4, 0.5) is 0 Å². The number of guanidine groups is 1. The summed E-state index contributed by atoms with van der Waals surface area (Å²) in [5, 5.41) is 9.64. The molecule has 0 aliphatic carbocycles. The molecule has 2 unspecified atom stereocenters. The Morgan fingerprint density at radius 3 is 2.41 bits per heavy atom. The molecule has 0 radical (unpaired) electrons. The van der Waals surface area contributed by atoms with Crippen LogP contribution in [0, 0.1) is 5.92 Å². The fourth-order valence-electron chi connectivity index (χ4n) is 3.03. The average Bonchev–Trinajstić information content (AvgIpc) is 2.63. The molecule has 1 amide bonds. The summed E-state index contributed by atoms with van der Waals surface area (Å²) >= 11 is 0. The maximum absolute atomic E-state index is 11.8. The second-order valence-corrected chi connectivity index (χ2v) is 7.44. The Bertz CT molecular complexity index is 428. The molecular weight excluding hydrogens is 457 g/mol.